The Hall–Kier alpha value is -3.68. The molecule has 0 saturated carbocycles. The molecule has 170 valence electrons. The van der Waals surface area contributed by atoms with Crippen molar-refractivity contribution in [3.05, 3.63) is 59.7 Å². The average Bonchev–Trinajstić information content (AvgIpc) is 2.78. The lowest BCUT2D eigenvalue weighted by Crippen LogP contribution is -2.22. The number of rotatable bonds is 11. The van der Waals surface area contributed by atoms with E-state index in [1.807, 2.05) is 13.8 Å². The molecule has 0 bridgehead atoms. The fraction of sp³-hybridized carbons (Fsp3) is 0.333. The summed E-state index contributed by atoms with van der Waals surface area (Å²) in [5.74, 6) is -0.586. The molecule has 2 rings (SSSR count). The number of benzene rings is 2. The topological polar surface area (TPSA) is 116 Å². The predicted octanol–water partition coefficient (Wildman–Crippen LogP) is 3.32. The van der Waals surface area contributed by atoms with Gasteiger partial charge >= 0.3 is 0 Å². The van der Waals surface area contributed by atoms with Gasteiger partial charge in [0.25, 0.3) is 11.8 Å². The third kappa shape index (κ3) is 8.22. The van der Waals surface area contributed by atoms with Crippen molar-refractivity contribution >= 4 is 35.0 Å². The van der Waals surface area contributed by atoms with E-state index in [9.17, 15) is 19.2 Å². The summed E-state index contributed by atoms with van der Waals surface area (Å²) >= 11 is 0. The van der Waals surface area contributed by atoms with E-state index in [4.69, 9.17) is 0 Å². The van der Waals surface area contributed by atoms with Gasteiger partial charge in [-0.05, 0) is 75.2 Å². The minimum atomic E-state index is -0.151. The van der Waals surface area contributed by atoms with Gasteiger partial charge in [0, 0.05) is 48.4 Å². The van der Waals surface area contributed by atoms with Gasteiger partial charge in [-0.2, -0.15) is 0 Å². The van der Waals surface area contributed by atoms with Crippen LogP contribution in [0.15, 0.2) is 48.5 Å². The number of carbonyl (C=O) groups is 4. The number of carbonyl (C=O) groups excluding carboxylic acids is 4. The van der Waals surface area contributed by atoms with Crippen LogP contribution in [0.25, 0.3) is 0 Å². The molecule has 0 aliphatic rings. The maximum absolute atomic E-state index is 12.1. The highest BCUT2D eigenvalue weighted by molar-refractivity contribution is 5.96. The molecular formula is C24H30N4O4. The summed E-state index contributed by atoms with van der Waals surface area (Å²) in [7, 11) is 0. The first-order valence-corrected chi connectivity index (χ1v) is 10.8. The maximum atomic E-state index is 12.1. The minimum Gasteiger partial charge on any atom is -0.352 e. The summed E-state index contributed by atoms with van der Waals surface area (Å²) in [5.41, 5.74) is 2.32. The van der Waals surface area contributed by atoms with Crippen molar-refractivity contribution in [2.24, 2.45) is 0 Å². The standard InChI is InChI=1S/C24H30N4O4/c1-3-25-23(31)17-9-13-19(14-10-17)27-21(29)7-5-6-8-22(30)28-20-15-11-18(12-16-20)24(32)26-4-2/h9-16H,3-8H2,1-2H3,(H,25,31)(H,26,32)(H,27,29)(H,28,30). The van der Waals surface area contributed by atoms with E-state index in [0.717, 1.165) is 0 Å². The van der Waals surface area contributed by atoms with Gasteiger partial charge < -0.3 is 21.3 Å². The summed E-state index contributed by atoms with van der Waals surface area (Å²) < 4.78 is 0. The van der Waals surface area contributed by atoms with Gasteiger partial charge in [0.15, 0.2) is 0 Å². The van der Waals surface area contributed by atoms with E-state index >= 15 is 0 Å². The SMILES string of the molecule is CCNC(=O)c1ccc(NC(=O)CCCCC(=O)Nc2ccc(C(=O)NCC)cc2)cc1. The van der Waals surface area contributed by atoms with E-state index in [1.165, 1.54) is 0 Å². The van der Waals surface area contributed by atoms with Gasteiger partial charge in [-0.15, -0.1) is 0 Å². The number of amides is 4. The number of anilines is 2. The lowest BCUT2D eigenvalue weighted by molar-refractivity contribution is -0.118. The van der Waals surface area contributed by atoms with Crippen LogP contribution in [-0.4, -0.2) is 36.7 Å². The molecule has 0 saturated heterocycles. The zero-order valence-electron chi connectivity index (χ0n) is 18.5. The zero-order chi connectivity index (χ0) is 23.3. The monoisotopic (exact) mass is 438 g/mol. The van der Waals surface area contributed by atoms with Gasteiger partial charge in [-0.1, -0.05) is 0 Å². The van der Waals surface area contributed by atoms with Crippen molar-refractivity contribution in [1.82, 2.24) is 10.6 Å². The van der Waals surface area contributed by atoms with Crippen molar-refractivity contribution < 1.29 is 19.2 Å². The maximum Gasteiger partial charge on any atom is 0.251 e. The smallest absolute Gasteiger partial charge is 0.251 e. The molecule has 8 nitrogen and oxygen atoms in total. The zero-order valence-corrected chi connectivity index (χ0v) is 18.5. The lowest BCUT2D eigenvalue weighted by atomic mass is 10.1. The number of hydrogen-bond acceptors (Lipinski definition) is 4. The largest absolute Gasteiger partial charge is 0.352 e. The Morgan fingerprint density at radius 2 is 0.938 bits per heavy atom. The molecule has 32 heavy (non-hydrogen) atoms. The third-order valence-corrected chi connectivity index (χ3v) is 4.59. The highest BCUT2D eigenvalue weighted by Gasteiger charge is 2.08. The summed E-state index contributed by atoms with van der Waals surface area (Å²) in [6, 6.07) is 13.4. The molecule has 0 aromatic heterocycles. The van der Waals surface area contributed by atoms with Crippen molar-refractivity contribution in [1.29, 1.82) is 0 Å². The molecule has 0 aliphatic carbocycles. The molecule has 0 unspecified atom stereocenters. The summed E-state index contributed by atoms with van der Waals surface area (Å²) in [6.45, 7) is 4.81. The van der Waals surface area contributed by atoms with E-state index in [2.05, 4.69) is 21.3 Å². The van der Waals surface area contributed by atoms with Gasteiger partial charge in [0.2, 0.25) is 11.8 Å². The second-order valence-corrected chi connectivity index (χ2v) is 7.18. The molecule has 8 heteroatoms. The molecule has 0 spiro atoms. The molecule has 0 atom stereocenters. The third-order valence-electron chi connectivity index (χ3n) is 4.59. The quantitative estimate of drug-likeness (QED) is 0.403. The number of hydrogen-bond donors (Lipinski definition) is 4. The van der Waals surface area contributed by atoms with Gasteiger partial charge in [-0.25, -0.2) is 0 Å². The second-order valence-electron chi connectivity index (χ2n) is 7.18. The van der Waals surface area contributed by atoms with Crippen LogP contribution in [0.2, 0.25) is 0 Å². The van der Waals surface area contributed by atoms with Crippen molar-refractivity contribution in [2.45, 2.75) is 39.5 Å². The van der Waals surface area contributed by atoms with E-state index < -0.39 is 0 Å². The van der Waals surface area contributed by atoms with Crippen molar-refractivity contribution in [2.75, 3.05) is 23.7 Å². The lowest BCUT2D eigenvalue weighted by Gasteiger charge is -2.08. The Balaban J connectivity index is 1.67. The van der Waals surface area contributed by atoms with Gasteiger partial charge in [0.05, 0.1) is 0 Å². The first-order valence-electron chi connectivity index (χ1n) is 10.8. The van der Waals surface area contributed by atoms with Crippen molar-refractivity contribution in [3.63, 3.8) is 0 Å². The summed E-state index contributed by atoms with van der Waals surface area (Å²) in [5, 5.41) is 11.0. The van der Waals surface area contributed by atoms with Crippen LogP contribution < -0.4 is 21.3 Å². The highest BCUT2D eigenvalue weighted by atomic mass is 16.2. The Bertz CT molecular complexity index is 847. The Kier molecular flexibility index (Phi) is 9.90. The summed E-state index contributed by atoms with van der Waals surface area (Å²) in [6.07, 6.45) is 1.75. The predicted molar refractivity (Wildman–Crippen MR) is 125 cm³/mol. The van der Waals surface area contributed by atoms with Crippen LogP contribution in [-0.2, 0) is 9.59 Å². The van der Waals surface area contributed by atoms with Crippen LogP contribution in [0.4, 0.5) is 11.4 Å². The Labute approximate surface area is 188 Å². The minimum absolute atomic E-state index is 0.142. The normalized spacial score (nSPS) is 10.2. The fourth-order valence-electron chi connectivity index (χ4n) is 2.95. The highest BCUT2D eigenvalue weighted by Crippen LogP contribution is 2.13. The first kappa shape index (κ1) is 24.6. The molecule has 4 N–H and O–H groups in total. The molecule has 0 radical (unpaired) electrons. The molecule has 2 aromatic carbocycles. The van der Waals surface area contributed by atoms with Crippen LogP contribution in [0.3, 0.4) is 0 Å². The summed E-state index contributed by atoms with van der Waals surface area (Å²) in [4.78, 5) is 47.6. The molecule has 0 fully saturated rings. The molecule has 2 aromatic rings. The Morgan fingerprint density at radius 3 is 1.25 bits per heavy atom. The van der Waals surface area contributed by atoms with Gasteiger partial charge in [-0.3, -0.25) is 19.2 Å². The Morgan fingerprint density at radius 1 is 0.594 bits per heavy atom. The fourth-order valence-corrected chi connectivity index (χ4v) is 2.95. The van der Waals surface area contributed by atoms with E-state index in [-0.39, 0.29) is 23.6 Å². The molecule has 0 heterocycles. The average molecular weight is 439 g/mol. The molecular weight excluding hydrogens is 408 g/mol. The number of unbranched alkanes of at least 4 members (excludes halogenated alkanes) is 1. The molecule has 4 amide bonds. The molecule has 0 aliphatic heterocycles. The van der Waals surface area contributed by atoms with Gasteiger partial charge in [0.1, 0.15) is 0 Å². The van der Waals surface area contributed by atoms with Crippen LogP contribution >= 0.6 is 0 Å². The van der Waals surface area contributed by atoms with Crippen LogP contribution in [0.5, 0.6) is 0 Å². The second kappa shape index (κ2) is 12.9. The van der Waals surface area contributed by atoms with Crippen molar-refractivity contribution in [3.8, 4) is 0 Å². The van der Waals surface area contributed by atoms with E-state index in [0.29, 0.717) is 61.3 Å². The van der Waals surface area contributed by atoms with E-state index in [1.54, 1.807) is 48.5 Å². The first-order chi connectivity index (χ1) is 15.4. The van der Waals surface area contributed by atoms with Crippen LogP contribution in [0, 0.1) is 0 Å². The number of nitrogens with one attached hydrogen (secondary N) is 4. The van der Waals surface area contributed by atoms with Crippen LogP contribution in [0.1, 0.15) is 60.2 Å².